The standard InChI is InChI=1S/C13H15ClN2O2S/c14-10-3-4-11(19-10)16-8-13(18-12(16)17)7-15-5-1-2-9(13)6-15/h3-4,9H,1-2,5-8H2/t9-,13?/m0/s1. The maximum Gasteiger partial charge on any atom is 0.415 e. The van der Waals surface area contributed by atoms with Gasteiger partial charge in [-0.05, 0) is 31.5 Å². The van der Waals surface area contributed by atoms with Crippen molar-refractivity contribution >= 4 is 34.0 Å². The molecule has 2 unspecified atom stereocenters. The van der Waals surface area contributed by atoms with Gasteiger partial charge in [-0.2, -0.15) is 0 Å². The molecule has 1 aromatic heterocycles. The number of thiophene rings is 1. The summed E-state index contributed by atoms with van der Waals surface area (Å²) in [6.45, 7) is 3.77. The van der Waals surface area contributed by atoms with Crippen molar-refractivity contribution in [1.29, 1.82) is 0 Å². The summed E-state index contributed by atoms with van der Waals surface area (Å²) in [5.41, 5.74) is -0.288. The molecule has 3 aliphatic rings. The van der Waals surface area contributed by atoms with E-state index in [1.54, 1.807) is 4.90 Å². The Balaban J connectivity index is 1.63. The van der Waals surface area contributed by atoms with Gasteiger partial charge < -0.3 is 4.74 Å². The van der Waals surface area contributed by atoms with Crippen LogP contribution in [-0.2, 0) is 4.74 Å². The molecule has 102 valence electrons. The molecule has 0 saturated carbocycles. The molecule has 4 rings (SSSR count). The van der Waals surface area contributed by atoms with Crippen LogP contribution < -0.4 is 4.90 Å². The number of anilines is 1. The van der Waals surface area contributed by atoms with Crippen molar-refractivity contribution in [3.63, 3.8) is 0 Å². The number of hydrogen-bond donors (Lipinski definition) is 0. The summed E-state index contributed by atoms with van der Waals surface area (Å²) in [7, 11) is 0. The van der Waals surface area contributed by atoms with Gasteiger partial charge in [0.25, 0.3) is 0 Å². The SMILES string of the molecule is O=C1OC2(CN3CCC[C@H]2C3)CN1c1ccc(Cl)s1. The first-order valence-corrected chi connectivity index (χ1v) is 7.84. The number of carbonyl (C=O) groups is 1. The van der Waals surface area contributed by atoms with Gasteiger partial charge in [-0.15, -0.1) is 11.3 Å². The second kappa shape index (κ2) is 4.11. The predicted octanol–water partition coefficient (Wildman–Crippen LogP) is 2.82. The van der Waals surface area contributed by atoms with Crippen molar-refractivity contribution in [2.75, 3.05) is 31.1 Å². The van der Waals surface area contributed by atoms with Crippen molar-refractivity contribution in [3.8, 4) is 0 Å². The van der Waals surface area contributed by atoms with Crippen LogP contribution in [-0.4, -0.2) is 42.8 Å². The number of hydrogen-bond acceptors (Lipinski definition) is 4. The van der Waals surface area contributed by atoms with E-state index in [2.05, 4.69) is 4.90 Å². The molecule has 0 aromatic carbocycles. The fraction of sp³-hybridized carbons (Fsp3) is 0.615. The first-order valence-electron chi connectivity index (χ1n) is 6.64. The Hall–Kier alpha value is -0.780. The average Bonchev–Trinajstić information content (AvgIpc) is 3.00. The van der Waals surface area contributed by atoms with Crippen molar-refractivity contribution in [2.45, 2.75) is 18.4 Å². The normalized spacial score (nSPS) is 37.1. The van der Waals surface area contributed by atoms with Gasteiger partial charge in [0.1, 0.15) is 10.6 Å². The molecular weight excluding hydrogens is 284 g/mol. The van der Waals surface area contributed by atoms with Crippen LogP contribution in [0.4, 0.5) is 9.80 Å². The Kier molecular flexibility index (Phi) is 2.59. The van der Waals surface area contributed by atoms with Gasteiger partial charge in [0.15, 0.2) is 0 Å². The van der Waals surface area contributed by atoms with Gasteiger partial charge in [-0.3, -0.25) is 9.80 Å². The highest BCUT2D eigenvalue weighted by atomic mass is 35.5. The number of rotatable bonds is 1. The third-order valence-corrected chi connectivity index (χ3v) is 5.76. The molecule has 4 heterocycles. The lowest BCUT2D eigenvalue weighted by Crippen LogP contribution is -2.41. The second-order valence-corrected chi connectivity index (χ2v) is 7.36. The third-order valence-electron chi connectivity index (χ3n) is 4.50. The Morgan fingerprint density at radius 1 is 1.42 bits per heavy atom. The number of nitrogens with zero attached hydrogens (tertiary/aromatic N) is 2. The lowest BCUT2D eigenvalue weighted by Gasteiger charge is -2.27. The number of piperidine rings is 1. The maximum atomic E-state index is 12.2. The van der Waals surface area contributed by atoms with E-state index in [9.17, 15) is 4.79 Å². The predicted molar refractivity (Wildman–Crippen MR) is 75.1 cm³/mol. The molecule has 19 heavy (non-hydrogen) atoms. The second-order valence-electron chi connectivity index (χ2n) is 5.67. The molecular formula is C13H15ClN2O2S. The molecule has 3 atom stereocenters. The Morgan fingerprint density at radius 3 is 3.05 bits per heavy atom. The molecule has 0 aliphatic carbocycles. The van der Waals surface area contributed by atoms with Crippen LogP contribution >= 0.6 is 22.9 Å². The van der Waals surface area contributed by atoms with Crippen molar-refractivity contribution in [3.05, 3.63) is 16.5 Å². The van der Waals surface area contributed by atoms with Crippen LogP contribution in [0.15, 0.2) is 12.1 Å². The fourth-order valence-electron chi connectivity index (χ4n) is 3.64. The van der Waals surface area contributed by atoms with Crippen molar-refractivity contribution < 1.29 is 9.53 Å². The minimum atomic E-state index is -0.288. The molecule has 4 nitrogen and oxygen atoms in total. The summed E-state index contributed by atoms with van der Waals surface area (Å²) in [4.78, 5) is 16.4. The Labute approximate surface area is 120 Å². The maximum absolute atomic E-state index is 12.2. The van der Waals surface area contributed by atoms with E-state index in [1.807, 2.05) is 12.1 Å². The molecule has 2 bridgehead atoms. The van der Waals surface area contributed by atoms with E-state index < -0.39 is 0 Å². The van der Waals surface area contributed by atoms with E-state index in [0.717, 1.165) is 24.6 Å². The van der Waals surface area contributed by atoms with Gasteiger partial charge >= 0.3 is 6.09 Å². The highest BCUT2D eigenvalue weighted by Crippen LogP contribution is 2.44. The van der Waals surface area contributed by atoms with Crippen LogP contribution in [0.1, 0.15) is 12.8 Å². The molecule has 3 saturated heterocycles. The lowest BCUT2D eigenvalue weighted by atomic mass is 9.87. The summed E-state index contributed by atoms with van der Waals surface area (Å²) in [6.07, 6.45) is 2.17. The quantitative estimate of drug-likeness (QED) is 0.799. The minimum Gasteiger partial charge on any atom is -0.439 e. The van der Waals surface area contributed by atoms with Gasteiger partial charge in [-0.25, -0.2) is 4.79 Å². The smallest absolute Gasteiger partial charge is 0.415 e. The molecule has 1 amide bonds. The number of ether oxygens (including phenoxy) is 1. The lowest BCUT2D eigenvalue weighted by molar-refractivity contribution is 0.0353. The summed E-state index contributed by atoms with van der Waals surface area (Å²) in [5.74, 6) is 0.491. The van der Waals surface area contributed by atoms with Gasteiger partial charge in [0, 0.05) is 19.0 Å². The van der Waals surface area contributed by atoms with E-state index in [1.165, 1.54) is 24.2 Å². The van der Waals surface area contributed by atoms with Gasteiger partial charge in [0.2, 0.25) is 0 Å². The number of fused-ring (bicyclic) bond motifs is 3. The molecule has 1 spiro atoms. The van der Waals surface area contributed by atoms with Gasteiger partial charge in [-0.1, -0.05) is 11.6 Å². The largest absolute Gasteiger partial charge is 0.439 e. The Morgan fingerprint density at radius 2 is 2.32 bits per heavy atom. The summed E-state index contributed by atoms with van der Waals surface area (Å²) in [6, 6.07) is 3.73. The molecule has 1 aromatic rings. The molecule has 3 aliphatic heterocycles. The fourth-order valence-corrected chi connectivity index (χ4v) is 4.66. The molecule has 0 N–H and O–H groups in total. The van der Waals surface area contributed by atoms with E-state index in [4.69, 9.17) is 16.3 Å². The van der Waals surface area contributed by atoms with Crippen LogP contribution in [0.2, 0.25) is 4.34 Å². The summed E-state index contributed by atoms with van der Waals surface area (Å²) < 4.78 is 6.52. The summed E-state index contributed by atoms with van der Waals surface area (Å²) >= 11 is 7.39. The van der Waals surface area contributed by atoms with Crippen LogP contribution in [0.5, 0.6) is 0 Å². The molecule has 0 radical (unpaired) electrons. The number of amides is 1. The van der Waals surface area contributed by atoms with Crippen molar-refractivity contribution in [2.24, 2.45) is 5.92 Å². The number of carbonyl (C=O) groups excluding carboxylic acids is 1. The van der Waals surface area contributed by atoms with Crippen molar-refractivity contribution in [1.82, 2.24) is 4.90 Å². The molecule has 3 fully saturated rings. The van der Waals surface area contributed by atoms with Crippen LogP contribution in [0.25, 0.3) is 0 Å². The zero-order valence-electron chi connectivity index (χ0n) is 10.5. The third kappa shape index (κ3) is 1.79. The molecule has 6 heteroatoms. The average molecular weight is 299 g/mol. The van der Waals surface area contributed by atoms with E-state index in [-0.39, 0.29) is 11.7 Å². The first kappa shape index (κ1) is 12.0. The monoisotopic (exact) mass is 298 g/mol. The zero-order chi connectivity index (χ0) is 13.0. The van der Waals surface area contributed by atoms with E-state index >= 15 is 0 Å². The van der Waals surface area contributed by atoms with E-state index in [0.29, 0.717) is 16.8 Å². The summed E-state index contributed by atoms with van der Waals surface area (Å²) in [5, 5.41) is 0.892. The topological polar surface area (TPSA) is 32.8 Å². The highest BCUT2D eigenvalue weighted by molar-refractivity contribution is 7.20. The Bertz CT molecular complexity index is 534. The number of halogens is 1. The van der Waals surface area contributed by atoms with Crippen LogP contribution in [0, 0.1) is 5.92 Å². The highest BCUT2D eigenvalue weighted by Gasteiger charge is 2.57. The van der Waals surface area contributed by atoms with Crippen LogP contribution in [0.3, 0.4) is 0 Å². The minimum absolute atomic E-state index is 0.215. The van der Waals surface area contributed by atoms with Gasteiger partial charge in [0.05, 0.1) is 10.9 Å². The zero-order valence-corrected chi connectivity index (χ0v) is 12.0. The first-order chi connectivity index (χ1) is 9.16.